The van der Waals surface area contributed by atoms with Crippen LogP contribution >= 0.6 is 0 Å². The Bertz CT molecular complexity index is 660. The molecule has 0 atom stereocenters. The summed E-state index contributed by atoms with van der Waals surface area (Å²) in [5, 5.41) is 4.03. The predicted octanol–water partition coefficient (Wildman–Crippen LogP) is 4.26. The summed E-state index contributed by atoms with van der Waals surface area (Å²) in [7, 11) is 1.62. The van der Waals surface area contributed by atoms with Crippen LogP contribution in [0.1, 0.15) is 29.2 Å². The molecule has 0 aromatic heterocycles. The molecule has 2 rings (SSSR count). The van der Waals surface area contributed by atoms with Crippen molar-refractivity contribution in [3.63, 3.8) is 0 Å². The normalized spacial score (nSPS) is 10.8. The van der Waals surface area contributed by atoms with E-state index in [1.54, 1.807) is 13.3 Å². The van der Waals surface area contributed by atoms with E-state index in [1.165, 1.54) is 11.1 Å². The number of hydrogen-bond acceptors (Lipinski definition) is 4. The van der Waals surface area contributed by atoms with Gasteiger partial charge >= 0.3 is 0 Å². The van der Waals surface area contributed by atoms with Gasteiger partial charge in [0, 0.05) is 5.56 Å². The third-order valence-corrected chi connectivity index (χ3v) is 3.28. The number of hydrogen-bond donors (Lipinski definition) is 0. The highest BCUT2D eigenvalue weighted by Gasteiger charge is 2.04. The van der Waals surface area contributed by atoms with Crippen LogP contribution in [0.2, 0.25) is 0 Å². The molecule has 0 unspecified atom stereocenters. The largest absolute Gasteiger partial charge is 0.493 e. The van der Waals surface area contributed by atoms with E-state index in [2.05, 4.69) is 37.2 Å². The smallest absolute Gasteiger partial charge is 0.161 e. The molecule has 0 aliphatic heterocycles. The summed E-state index contributed by atoms with van der Waals surface area (Å²) in [6, 6.07) is 12.0. The second-order valence-corrected chi connectivity index (χ2v) is 5.35. The van der Waals surface area contributed by atoms with Crippen molar-refractivity contribution in [2.45, 2.75) is 27.4 Å². The predicted molar refractivity (Wildman–Crippen MR) is 92.5 cm³/mol. The summed E-state index contributed by atoms with van der Waals surface area (Å²) in [5.74, 6) is 1.41. The summed E-state index contributed by atoms with van der Waals surface area (Å²) in [5.41, 5.74) is 4.46. The van der Waals surface area contributed by atoms with E-state index in [4.69, 9.17) is 14.3 Å². The monoisotopic (exact) mass is 313 g/mol. The molecule has 0 fully saturated rings. The van der Waals surface area contributed by atoms with Crippen molar-refractivity contribution in [3.8, 4) is 11.5 Å². The lowest BCUT2D eigenvalue weighted by Crippen LogP contribution is -1.96. The molecule has 0 N–H and O–H groups in total. The lowest BCUT2D eigenvalue weighted by molar-refractivity contribution is 0.132. The highest BCUT2D eigenvalue weighted by atomic mass is 16.6. The quantitative estimate of drug-likeness (QED) is 0.566. The van der Waals surface area contributed by atoms with Gasteiger partial charge < -0.3 is 14.3 Å². The minimum atomic E-state index is 0.452. The van der Waals surface area contributed by atoms with Gasteiger partial charge in [0.1, 0.15) is 6.61 Å². The van der Waals surface area contributed by atoms with Crippen molar-refractivity contribution in [2.24, 2.45) is 5.16 Å². The zero-order chi connectivity index (χ0) is 16.7. The van der Waals surface area contributed by atoms with Crippen molar-refractivity contribution in [1.29, 1.82) is 0 Å². The number of ether oxygens (including phenoxy) is 2. The average molecular weight is 313 g/mol. The molecule has 0 radical (unpaired) electrons. The first-order valence-corrected chi connectivity index (χ1v) is 7.65. The fraction of sp³-hybridized carbons (Fsp3) is 0.316. The highest BCUT2D eigenvalue weighted by Crippen LogP contribution is 2.27. The van der Waals surface area contributed by atoms with Crippen LogP contribution < -0.4 is 9.47 Å². The van der Waals surface area contributed by atoms with Crippen molar-refractivity contribution in [2.75, 3.05) is 13.7 Å². The van der Waals surface area contributed by atoms with E-state index in [1.807, 2.05) is 25.1 Å². The van der Waals surface area contributed by atoms with Crippen LogP contribution in [0.15, 0.2) is 41.6 Å². The first-order valence-electron chi connectivity index (χ1n) is 7.65. The van der Waals surface area contributed by atoms with Gasteiger partial charge in [0.25, 0.3) is 0 Å². The third kappa shape index (κ3) is 5.02. The number of benzene rings is 2. The maximum atomic E-state index is 5.49. The highest BCUT2D eigenvalue weighted by molar-refractivity contribution is 5.80. The standard InChI is InChI=1S/C19H23NO3/c1-5-22-18-7-6-16(11-19(18)21-4)12-20-23-13-17-9-14(2)8-15(3)10-17/h6-12H,5,13H2,1-4H3/b20-12+. The Balaban J connectivity index is 1.97. The summed E-state index contributed by atoms with van der Waals surface area (Å²) < 4.78 is 10.8. The minimum Gasteiger partial charge on any atom is -0.493 e. The molecule has 0 aliphatic carbocycles. The fourth-order valence-corrected chi connectivity index (χ4v) is 2.40. The molecule has 23 heavy (non-hydrogen) atoms. The molecule has 2 aromatic carbocycles. The molecule has 0 amide bonds. The summed E-state index contributed by atoms with van der Waals surface area (Å²) in [6.07, 6.45) is 1.67. The van der Waals surface area contributed by atoms with Crippen molar-refractivity contribution in [3.05, 3.63) is 58.7 Å². The first kappa shape index (κ1) is 16.9. The van der Waals surface area contributed by atoms with Crippen LogP contribution in [0.3, 0.4) is 0 Å². The molecule has 0 heterocycles. The second kappa shape index (κ2) is 8.22. The molecule has 0 aliphatic rings. The maximum Gasteiger partial charge on any atom is 0.161 e. The van der Waals surface area contributed by atoms with Gasteiger partial charge in [-0.05, 0) is 44.5 Å². The Morgan fingerprint density at radius 3 is 2.39 bits per heavy atom. The van der Waals surface area contributed by atoms with E-state index in [0.717, 1.165) is 16.9 Å². The van der Waals surface area contributed by atoms with Crippen LogP contribution in [-0.4, -0.2) is 19.9 Å². The van der Waals surface area contributed by atoms with Crippen molar-refractivity contribution in [1.82, 2.24) is 0 Å². The van der Waals surface area contributed by atoms with Crippen molar-refractivity contribution >= 4 is 6.21 Å². The molecule has 0 saturated carbocycles. The Labute approximate surface area is 137 Å². The van der Waals surface area contributed by atoms with Crippen LogP contribution in [0.5, 0.6) is 11.5 Å². The summed E-state index contributed by atoms with van der Waals surface area (Å²) >= 11 is 0. The summed E-state index contributed by atoms with van der Waals surface area (Å²) in [4.78, 5) is 5.38. The fourth-order valence-electron chi connectivity index (χ4n) is 2.40. The minimum absolute atomic E-state index is 0.452. The lowest BCUT2D eigenvalue weighted by atomic mass is 10.1. The number of aryl methyl sites for hydroxylation is 2. The molecular formula is C19H23NO3. The Morgan fingerprint density at radius 1 is 1.00 bits per heavy atom. The van der Waals surface area contributed by atoms with Gasteiger partial charge in [-0.1, -0.05) is 34.5 Å². The number of methoxy groups -OCH3 is 1. The van der Waals surface area contributed by atoms with Gasteiger partial charge in [0.2, 0.25) is 0 Å². The zero-order valence-electron chi connectivity index (χ0n) is 14.1. The number of nitrogens with zero attached hydrogens (tertiary/aromatic N) is 1. The van der Waals surface area contributed by atoms with Crippen molar-refractivity contribution < 1.29 is 14.3 Å². The maximum absolute atomic E-state index is 5.49. The van der Waals surface area contributed by atoms with Gasteiger partial charge in [-0.2, -0.15) is 0 Å². The van der Waals surface area contributed by atoms with E-state index in [-0.39, 0.29) is 0 Å². The van der Waals surface area contributed by atoms with E-state index >= 15 is 0 Å². The third-order valence-electron chi connectivity index (χ3n) is 3.28. The van der Waals surface area contributed by atoms with Crippen LogP contribution in [0, 0.1) is 13.8 Å². The van der Waals surface area contributed by atoms with Gasteiger partial charge in [0.05, 0.1) is 19.9 Å². The Hall–Kier alpha value is -2.49. The van der Waals surface area contributed by atoms with Gasteiger partial charge in [-0.3, -0.25) is 0 Å². The van der Waals surface area contributed by atoms with Gasteiger partial charge in [-0.15, -0.1) is 0 Å². The van der Waals surface area contributed by atoms with E-state index < -0.39 is 0 Å². The zero-order valence-corrected chi connectivity index (χ0v) is 14.1. The number of rotatable bonds is 7. The van der Waals surface area contributed by atoms with Crippen LogP contribution in [-0.2, 0) is 11.4 Å². The topological polar surface area (TPSA) is 40.0 Å². The molecule has 4 heteroatoms. The first-order chi connectivity index (χ1) is 11.1. The molecule has 0 saturated heterocycles. The molecule has 4 nitrogen and oxygen atoms in total. The number of oxime groups is 1. The van der Waals surface area contributed by atoms with E-state index in [9.17, 15) is 0 Å². The van der Waals surface area contributed by atoms with Crippen LogP contribution in [0.4, 0.5) is 0 Å². The molecule has 2 aromatic rings. The Kier molecular flexibility index (Phi) is 6.03. The van der Waals surface area contributed by atoms with Crippen LogP contribution in [0.25, 0.3) is 0 Å². The SMILES string of the molecule is CCOc1ccc(/C=N/OCc2cc(C)cc(C)c2)cc1OC. The Morgan fingerprint density at radius 2 is 1.74 bits per heavy atom. The molecular weight excluding hydrogens is 290 g/mol. The molecule has 122 valence electrons. The second-order valence-electron chi connectivity index (χ2n) is 5.35. The molecule has 0 bridgehead atoms. The molecule has 0 spiro atoms. The van der Waals surface area contributed by atoms with Gasteiger partial charge in [-0.25, -0.2) is 0 Å². The average Bonchev–Trinajstić information content (AvgIpc) is 2.52. The van der Waals surface area contributed by atoms with E-state index in [0.29, 0.717) is 19.0 Å². The van der Waals surface area contributed by atoms with Gasteiger partial charge in [0.15, 0.2) is 11.5 Å². The lowest BCUT2D eigenvalue weighted by Gasteiger charge is -2.09. The summed E-state index contributed by atoms with van der Waals surface area (Å²) in [6.45, 7) is 7.14.